The molecule has 6 amide bonds. The number of primary amides is 1. The van der Waals surface area contributed by atoms with E-state index in [0.29, 0.717) is 5.69 Å². The number of anilines is 4. The van der Waals surface area contributed by atoms with Gasteiger partial charge in [-0.2, -0.15) is 5.26 Å². The first-order chi connectivity index (χ1) is 29.0. The molecule has 0 bridgehead atoms. The molecule has 0 spiro atoms. The van der Waals surface area contributed by atoms with Gasteiger partial charge in [-0.15, -0.1) is 0 Å². The number of nitrogens with two attached hydrogens (primary N) is 1. The standard InChI is InChI=1S/C43H36ClN7O10/c1-22(2)61-37-33(18-17-31(36(37)53)41(57)48-29-15-9-25(10-16-29)43(59)60)50-38(54)23-7-13-30(14-8-23)49-42(58)34(20-35(46)52)51-39(55)24-5-11-28(12-6-24)47-40(56)26-3-4-27(21-45)32(44)19-26/h3-19,22,34,53H,20H2,1-2H3,(H2,46,52)(H,47,56)(H,48,57)(H,49,58)(H,50,54)(H,51,55)(H,59,60). The number of carbonyl (C=O) groups is 7. The predicted octanol–water partition coefficient (Wildman–Crippen LogP) is 5.77. The maximum absolute atomic E-state index is 13.3. The van der Waals surface area contributed by atoms with Crippen molar-refractivity contribution in [1.82, 2.24) is 5.32 Å². The second-order valence-corrected chi connectivity index (χ2v) is 13.8. The summed E-state index contributed by atoms with van der Waals surface area (Å²) in [6.45, 7) is 3.35. The van der Waals surface area contributed by atoms with Gasteiger partial charge in [-0.3, -0.25) is 28.8 Å². The van der Waals surface area contributed by atoms with E-state index in [2.05, 4.69) is 26.6 Å². The Morgan fingerprint density at radius 3 is 1.72 bits per heavy atom. The summed E-state index contributed by atoms with van der Waals surface area (Å²) in [5.74, 6) is -6.16. The predicted molar refractivity (Wildman–Crippen MR) is 224 cm³/mol. The van der Waals surface area contributed by atoms with Crippen molar-refractivity contribution in [2.75, 3.05) is 21.3 Å². The van der Waals surface area contributed by atoms with E-state index in [1.807, 2.05) is 6.07 Å². The zero-order chi connectivity index (χ0) is 44.4. The molecule has 5 aromatic carbocycles. The van der Waals surface area contributed by atoms with Gasteiger partial charge in [0.15, 0.2) is 11.5 Å². The summed E-state index contributed by atoms with van der Waals surface area (Å²) in [6, 6.07) is 23.9. The van der Waals surface area contributed by atoms with Gasteiger partial charge in [0.1, 0.15) is 12.1 Å². The second-order valence-electron chi connectivity index (χ2n) is 13.4. The first-order valence-corrected chi connectivity index (χ1v) is 18.5. The van der Waals surface area contributed by atoms with Crippen LogP contribution in [0, 0.1) is 11.3 Å². The summed E-state index contributed by atoms with van der Waals surface area (Å²) in [5.41, 5.74) is 6.65. The van der Waals surface area contributed by atoms with Crippen molar-refractivity contribution in [3.8, 4) is 17.6 Å². The second kappa shape index (κ2) is 19.5. The van der Waals surface area contributed by atoms with Gasteiger partial charge in [0.25, 0.3) is 23.6 Å². The zero-order valence-electron chi connectivity index (χ0n) is 32.2. The van der Waals surface area contributed by atoms with Crippen LogP contribution in [-0.2, 0) is 9.59 Å². The normalized spacial score (nSPS) is 11.0. The maximum atomic E-state index is 13.3. The molecule has 310 valence electrons. The molecule has 5 rings (SSSR count). The highest BCUT2D eigenvalue weighted by atomic mass is 35.5. The third kappa shape index (κ3) is 11.5. The quantitative estimate of drug-likeness (QED) is 0.0626. The number of amides is 6. The van der Waals surface area contributed by atoms with Crippen LogP contribution in [0.25, 0.3) is 0 Å². The number of benzene rings is 5. The lowest BCUT2D eigenvalue weighted by atomic mass is 10.1. The van der Waals surface area contributed by atoms with Crippen LogP contribution in [0.15, 0.2) is 103 Å². The first kappa shape index (κ1) is 43.9. The van der Waals surface area contributed by atoms with Crippen LogP contribution in [-0.4, -0.2) is 63.8 Å². The number of halogens is 1. The number of phenols is 1. The average Bonchev–Trinajstić information content (AvgIpc) is 3.22. The van der Waals surface area contributed by atoms with Gasteiger partial charge >= 0.3 is 5.97 Å². The fourth-order valence-corrected chi connectivity index (χ4v) is 5.76. The number of carbonyl (C=O) groups excluding carboxylic acids is 6. The van der Waals surface area contributed by atoms with Gasteiger partial charge < -0.3 is 47.3 Å². The molecule has 0 saturated heterocycles. The lowest BCUT2D eigenvalue weighted by molar-refractivity contribution is -0.123. The number of carboxylic acids is 1. The molecule has 1 atom stereocenters. The minimum Gasteiger partial charge on any atom is -0.504 e. The largest absolute Gasteiger partial charge is 0.504 e. The number of hydrogen-bond acceptors (Lipinski definition) is 10. The van der Waals surface area contributed by atoms with Crippen LogP contribution in [0.1, 0.15) is 77.6 Å². The minimum atomic E-state index is -1.40. The summed E-state index contributed by atoms with van der Waals surface area (Å²) < 4.78 is 5.76. The molecule has 9 N–H and O–H groups in total. The number of ether oxygens (including phenoxy) is 1. The number of nitriles is 1. The molecule has 1 unspecified atom stereocenters. The monoisotopic (exact) mass is 845 g/mol. The number of aromatic hydroxyl groups is 1. The van der Waals surface area contributed by atoms with Crippen LogP contribution in [0.3, 0.4) is 0 Å². The Hall–Kier alpha value is -8.23. The molecular weight excluding hydrogens is 810 g/mol. The molecule has 61 heavy (non-hydrogen) atoms. The highest BCUT2D eigenvalue weighted by molar-refractivity contribution is 6.32. The molecule has 0 heterocycles. The van der Waals surface area contributed by atoms with E-state index in [-0.39, 0.29) is 61.2 Å². The van der Waals surface area contributed by atoms with Crippen LogP contribution < -0.4 is 37.1 Å². The van der Waals surface area contributed by atoms with Crippen LogP contribution in [0.2, 0.25) is 5.02 Å². The molecule has 5 aromatic rings. The smallest absolute Gasteiger partial charge is 0.335 e. The third-order valence-corrected chi connectivity index (χ3v) is 8.88. The van der Waals surface area contributed by atoms with Gasteiger partial charge in [0.05, 0.1) is 39.9 Å². The number of rotatable bonds is 15. The Kier molecular flexibility index (Phi) is 14.0. The highest BCUT2D eigenvalue weighted by Crippen LogP contribution is 2.39. The van der Waals surface area contributed by atoms with Crippen molar-refractivity contribution in [3.63, 3.8) is 0 Å². The number of nitrogens with one attached hydrogen (secondary N) is 5. The zero-order valence-corrected chi connectivity index (χ0v) is 33.0. The maximum Gasteiger partial charge on any atom is 0.335 e. The van der Waals surface area contributed by atoms with E-state index in [1.54, 1.807) is 13.8 Å². The van der Waals surface area contributed by atoms with E-state index in [1.165, 1.54) is 103 Å². The summed E-state index contributed by atoms with van der Waals surface area (Å²) in [7, 11) is 0. The molecule has 17 nitrogen and oxygen atoms in total. The van der Waals surface area contributed by atoms with E-state index >= 15 is 0 Å². The summed E-state index contributed by atoms with van der Waals surface area (Å²) >= 11 is 6.02. The Balaban J connectivity index is 1.21. The number of nitrogens with zero attached hydrogens (tertiary/aromatic N) is 1. The molecule has 18 heteroatoms. The molecule has 0 saturated carbocycles. The summed E-state index contributed by atoms with van der Waals surface area (Å²) in [4.78, 5) is 88.3. The van der Waals surface area contributed by atoms with Crippen LogP contribution in [0.4, 0.5) is 22.7 Å². The molecule has 0 aliphatic heterocycles. The SMILES string of the molecule is CC(C)Oc1c(NC(=O)c2ccc(NC(=O)C(CC(N)=O)NC(=O)c3ccc(NC(=O)c4ccc(C#N)c(Cl)c4)cc3)cc2)ccc(C(=O)Nc2ccc(C(=O)O)cc2)c1O. The molecule has 0 aliphatic carbocycles. The Labute approximate surface area is 352 Å². The van der Waals surface area contributed by atoms with Crippen LogP contribution in [0.5, 0.6) is 11.5 Å². The molecule has 0 aromatic heterocycles. The van der Waals surface area contributed by atoms with E-state index in [0.717, 1.165) is 0 Å². The van der Waals surface area contributed by atoms with E-state index < -0.39 is 65.7 Å². The highest BCUT2D eigenvalue weighted by Gasteiger charge is 2.25. The van der Waals surface area contributed by atoms with Gasteiger partial charge in [-0.25, -0.2) is 4.79 Å². The van der Waals surface area contributed by atoms with Crippen molar-refractivity contribution in [1.29, 1.82) is 5.26 Å². The summed E-state index contributed by atoms with van der Waals surface area (Å²) in [5, 5.41) is 42.2. The Morgan fingerprint density at radius 2 is 1.20 bits per heavy atom. The Bertz CT molecular complexity index is 2570. The topological polar surface area (TPSA) is 279 Å². The Morgan fingerprint density at radius 1 is 0.689 bits per heavy atom. The number of hydrogen-bond donors (Lipinski definition) is 8. The number of aromatic carboxylic acids is 1. The van der Waals surface area contributed by atoms with E-state index in [4.69, 9.17) is 32.4 Å². The fourth-order valence-electron chi connectivity index (χ4n) is 5.54. The van der Waals surface area contributed by atoms with Crippen molar-refractivity contribution in [2.24, 2.45) is 5.73 Å². The molecular formula is C43H36ClN7O10. The number of phenolic OH excluding ortho intramolecular Hbond substituents is 1. The molecule has 0 radical (unpaired) electrons. The summed E-state index contributed by atoms with van der Waals surface area (Å²) in [6.07, 6.45) is -1.04. The lowest BCUT2D eigenvalue weighted by Crippen LogP contribution is -2.46. The van der Waals surface area contributed by atoms with Crippen molar-refractivity contribution < 1.29 is 48.5 Å². The average molecular weight is 846 g/mol. The van der Waals surface area contributed by atoms with E-state index in [9.17, 15) is 38.7 Å². The molecule has 0 aliphatic rings. The van der Waals surface area contributed by atoms with Crippen molar-refractivity contribution in [3.05, 3.63) is 142 Å². The van der Waals surface area contributed by atoms with Gasteiger partial charge in [0, 0.05) is 33.8 Å². The van der Waals surface area contributed by atoms with Gasteiger partial charge in [0.2, 0.25) is 11.8 Å². The fraction of sp³-hybridized carbons (Fsp3) is 0.116. The first-order valence-electron chi connectivity index (χ1n) is 18.1. The third-order valence-electron chi connectivity index (χ3n) is 8.57. The van der Waals surface area contributed by atoms with Crippen LogP contribution >= 0.6 is 11.6 Å². The van der Waals surface area contributed by atoms with Crippen molar-refractivity contribution in [2.45, 2.75) is 32.4 Å². The van der Waals surface area contributed by atoms with Crippen molar-refractivity contribution >= 4 is 75.8 Å². The lowest BCUT2D eigenvalue weighted by Gasteiger charge is -2.19. The molecule has 0 fully saturated rings. The van der Waals surface area contributed by atoms with Gasteiger partial charge in [-0.1, -0.05) is 11.6 Å². The van der Waals surface area contributed by atoms with Gasteiger partial charge in [-0.05, 0) is 117 Å². The minimum absolute atomic E-state index is 0.0176. The number of carboxylic acid groups (broad SMARTS) is 1.